The van der Waals surface area contributed by atoms with E-state index >= 15 is 0 Å². The van der Waals surface area contributed by atoms with E-state index in [2.05, 4.69) is 15.5 Å². The highest BCUT2D eigenvalue weighted by Gasteiger charge is 2.35. The van der Waals surface area contributed by atoms with Gasteiger partial charge in [0.15, 0.2) is 0 Å². The van der Waals surface area contributed by atoms with Crippen LogP contribution in [0.5, 0.6) is 0 Å². The molecule has 0 bridgehead atoms. The lowest BCUT2D eigenvalue weighted by Crippen LogP contribution is -2.51. The topological polar surface area (TPSA) is 44.4 Å². The summed E-state index contributed by atoms with van der Waals surface area (Å²) >= 11 is 0. The summed E-state index contributed by atoms with van der Waals surface area (Å²) in [5.74, 6) is 1.04. The molecule has 0 radical (unpaired) electrons. The number of nitrogens with one attached hydrogen (secondary N) is 2. The molecule has 2 saturated heterocycles. The Labute approximate surface area is 129 Å². The van der Waals surface area contributed by atoms with Crippen molar-refractivity contribution in [1.82, 2.24) is 15.5 Å². The fourth-order valence-corrected chi connectivity index (χ4v) is 4.40. The molecule has 1 aliphatic carbocycles. The Morgan fingerprint density at radius 2 is 1.76 bits per heavy atom. The SMILES string of the molecule is O=C(NCC1CCCCC1)C1CCCN1C1CCNCC1. The summed E-state index contributed by atoms with van der Waals surface area (Å²) in [5, 5.41) is 6.69. The number of carbonyl (C=O) groups is 1. The lowest BCUT2D eigenvalue weighted by Gasteiger charge is -2.35. The smallest absolute Gasteiger partial charge is 0.237 e. The molecule has 2 heterocycles. The molecule has 3 aliphatic rings. The number of rotatable bonds is 4. The molecule has 120 valence electrons. The minimum absolute atomic E-state index is 0.150. The van der Waals surface area contributed by atoms with Gasteiger partial charge in [0.25, 0.3) is 0 Å². The second kappa shape index (κ2) is 7.59. The van der Waals surface area contributed by atoms with Crippen molar-refractivity contribution in [2.24, 2.45) is 5.92 Å². The normalized spacial score (nSPS) is 29.6. The number of hydrogen-bond donors (Lipinski definition) is 2. The molecule has 0 aromatic rings. The molecule has 1 atom stereocenters. The van der Waals surface area contributed by atoms with Crippen molar-refractivity contribution >= 4 is 5.91 Å². The number of carbonyl (C=O) groups excluding carboxylic acids is 1. The first-order valence-corrected chi connectivity index (χ1v) is 9.09. The summed E-state index contributed by atoms with van der Waals surface area (Å²) < 4.78 is 0. The molecule has 0 spiro atoms. The molecular formula is C17H31N3O. The highest BCUT2D eigenvalue weighted by atomic mass is 16.2. The predicted octanol–water partition coefficient (Wildman–Crippen LogP) is 1.90. The van der Waals surface area contributed by atoms with Crippen molar-refractivity contribution in [3.8, 4) is 0 Å². The van der Waals surface area contributed by atoms with Crippen LogP contribution in [-0.2, 0) is 4.79 Å². The van der Waals surface area contributed by atoms with Crippen molar-refractivity contribution in [2.45, 2.75) is 69.9 Å². The van der Waals surface area contributed by atoms with Crippen LogP contribution in [0, 0.1) is 5.92 Å². The van der Waals surface area contributed by atoms with E-state index in [-0.39, 0.29) is 6.04 Å². The van der Waals surface area contributed by atoms with Crippen molar-refractivity contribution in [3.63, 3.8) is 0 Å². The lowest BCUT2D eigenvalue weighted by atomic mass is 9.89. The van der Waals surface area contributed by atoms with E-state index in [1.165, 1.54) is 51.4 Å². The van der Waals surface area contributed by atoms with Gasteiger partial charge in [-0.25, -0.2) is 0 Å². The molecule has 0 aromatic heterocycles. The van der Waals surface area contributed by atoms with Crippen LogP contribution in [0.15, 0.2) is 0 Å². The Hall–Kier alpha value is -0.610. The van der Waals surface area contributed by atoms with Crippen LogP contribution in [0.1, 0.15) is 57.8 Å². The Balaban J connectivity index is 1.48. The number of amides is 1. The van der Waals surface area contributed by atoms with E-state index in [0.29, 0.717) is 11.9 Å². The summed E-state index contributed by atoms with van der Waals surface area (Å²) in [4.78, 5) is 15.1. The molecule has 2 N–H and O–H groups in total. The van der Waals surface area contributed by atoms with Crippen LogP contribution in [-0.4, -0.2) is 49.1 Å². The highest BCUT2D eigenvalue weighted by molar-refractivity contribution is 5.82. The third-order valence-corrected chi connectivity index (χ3v) is 5.66. The number of hydrogen-bond acceptors (Lipinski definition) is 3. The van der Waals surface area contributed by atoms with Crippen molar-refractivity contribution in [3.05, 3.63) is 0 Å². The maximum absolute atomic E-state index is 12.6. The standard InChI is InChI=1S/C17H31N3O/c21-17(19-13-14-5-2-1-3-6-14)16-7-4-12-20(16)15-8-10-18-11-9-15/h14-16,18H,1-13H2,(H,19,21). The second-order valence-corrected chi connectivity index (χ2v) is 7.13. The Kier molecular flexibility index (Phi) is 5.53. The first-order chi connectivity index (χ1) is 10.3. The fourth-order valence-electron chi connectivity index (χ4n) is 4.40. The number of nitrogens with zero attached hydrogens (tertiary/aromatic N) is 1. The molecule has 3 fully saturated rings. The molecule has 2 aliphatic heterocycles. The second-order valence-electron chi connectivity index (χ2n) is 7.13. The largest absolute Gasteiger partial charge is 0.354 e. The molecule has 21 heavy (non-hydrogen) atoms. The summed E-state index contributed by atoms with van der Waals surface area (Å²) in [7, 11) is 0. The molecular weight excluding hydrogens is 262 g/mol. The third-order valence-electron chi connectivity index (χ3n) is 5.66. The van der Waals surface area contributed by atoms with Gasteiger partial charge >= 0.3 is 0 Å². The maximum atomic E-state index is 12.6. The van der Waals surface area contributed by atoms with Gasteiger partial charge in [-0.1, -0.05) is 19.3 Å². The van der Waals surface area contributed by atoms with Crippen LogP contribution in [0.4, 0.5) is 0 Å². The summed E-state index contributed by atoms with van der Waals surface area (Å²) in [6, 6.07) is 0.774. The van der Waals surface area contributed by atoms with Gasteiger partial charge in [-0.3, -0.25) is 9.69 Å². The van der Waals surface area contributed by atoms with Gasteiger partial charge in [0.05, 0.1) is 6.04 Å². The minimum Gasteiger partial charge on any atom is -0.354 e. The Morgan fingerprint density at radius 1 is 1.00 bits per heavy atom. The zero-order valence-corrected chi connectivity index (χ0v) is 13.3. The van der Waals surface area contributed by atoms with Crippen LogP contribution < -0.4 is 10.6 Å². The summed E-state index contributed by atoms with van der Waals surface area (Å²) in [5.41, 5.74) is 0. The van der Waals surface area contributed by atoms with Gasteiger partial charge in [-0.2, -0.15) is 0 Å². The highest BCUT2D eigenvalue weighted by Crippen LogP contribution is 2.25. The van der Waals surface area contributed by atoms with E-state index < -0.39 is 0 Å². The predicted molar refractivity (Wildman–Crippen MR) is 85.2 cm³/mol. The van der Waals surface area contributed by atoms with Gasteiger partial charge in [0, 0.05) is 12.6 Å². The van der Waals surface area contributed by atoms with Gasteiger partial charge in [-0.15, -0.1) is 0 Å². The molecule has 4 heteroatoms. The van der Waals surface area contributed by atoms with E-state index in [0.717, 1.165) is 38.5 Å². The first-order valence-electron chi connectivity index (χ1n) is 9.09. The van der Waals surface area contributed by atoms with E-state index in [1.807, 2.05) is 0 Å². The van der Waals surface area contributed by atoms with Gasteiger partial charge < -0.3 is 10.6 Å². The molecule has 0 aromatic carbocycles. The molecule has 1 amide bonds. The minimum atomic E-state index is 0.150. The van der Waals surface area contributed by atoms with E-state index in [1.54, 1.807) is 0 Å². The Morgan fingerprint density at radius 3 is 2.52 bits per heavy atom. The van der Waals surface area contributed by atoms with Crippen LogP contribution >= 0.6 is 0 Å². The molecule has 3 rings (SSSR count). The van der Waals surface area contributed by atoms with E-state index in [9.17, 15) is 4.79 Å². The monoisotopic (exact) mass is 293 g/mol. The molecule has 4 nitrogen and oxygen atoms in total. The number of likely N-dealkylation sites (tertiary alicyclic amines) is 1. The van der Waals surface area contributed by atoms with Crippen molar-refractivity contribution < 1.29 is 4.79 Å². The zero-order valence-electron chi connectivity index (χ0n) is 13.3. The van der Waals surface area contributed by atoms with Crippen LogP contribution in [0.25, 0.3) is 0 Å². The lowest BCUT2D eigenvalue weighted by molar-refractivity contribution is -0.126. The van der Waals surface area contributed by atoms with Gasteiger partial charge in [0.1, 0.15) is 0 Å². The van der Waals surface area contributed by atoms with Crippen LogP contribution in [0.3, 0.4) is 0 Å². The Bertz CT molecular complexity index is 335. The third kappa shape index (κ3) is 3.98. The van der Waals surface area contributed by atoms with Gasteiger partial charge in [-0.05, 0) is 64.1 Å². The molecule has 1 saturated carbocycles. The summed E-state index contributed by atoms with van der Waals surface area (Å²) in [6.07, 6.45) is 11.4. The van der Waals surface area contributed by atoms with Crippen molar-refractivity contribution in [1.29, 1.82) is 0 Å². The fraction of sp³-hybridized carbons (Fsp3) is 0.941. The average Bonchev–Trinajstić information content (AvgIpc) is 3.04. The zero-order chi connectivity index (χ0) is 14.5. The summed E-state index contributed by atoms with van der Waals surface area (Å²) in [6.45, 7) is 4.25. The maximum Gasteiger partial charge on any atom is 0.237 e. The molecule has 1 unspecified atom stereocenters. The number of piperidine rings is 1. The quantitative estimate of drug-likeness (QED) is 0.832. The van der Waals surface area contributed by atoms with E-state index in [4.69, 9.17) is 0 Å². The van der Waals surface area contributed by atoms with Gasteiger partial charge in [0.2, 0.25) is 5.91 Å². The van der Waals surface area contributed by atoms with Crippen LogP contribution in [0.2, 0.25) is 0 Å². The first kappa shape index (κ1) is 15.3. The average molecular weight is 293 g/mol. The van der Waals surface area contributed by atoms with Crippen molar-refractivity contribution in [2.75, 3.05) is 26.2 Å².